The van der Waals surface area contributed by atoms with Crippen molar-refractivity contribution in [2.45, 2.75) is 19.9 Å². The van der Waals surface area contributed by atoms with Gasteiger partial charge in [0.1, 0.15) is 11.7 Å². The highest BCUT2D eigenvalue weighted by Gasteiger charge is 2.51. The summed E-state index contributed by atoms with van der Waals surface area (Å²) in [6, 6.07) is 5.57. The van der Waals surface area contributed by atoms with Crippen molar-refractivity contribution in [2.24, 2.45) is 0 Å². The monoisotopic (exact) mass is 328 g/mol. The molecule has 7 heteroatoms. The van der Waals surface area contributed by atoms with E-state index in [9.17, 15) is 19.2 Å². The lowest BCUT2D eigenvalue weighted by molar-refractivity contribution is -0.151. The molecule has 2 aliphatic heterocycles. The summed E-state index contributed by atoms with van der Waals surface area (Å²) in [5.41, 5.74) is 1.36. The number of benzene rings is 1. The summed E-state index contributed by atoms with van der Waals surface area (Å²) in [5, 5.41) is 0. The predicted octanol–water partition coefficient (Wildman–Crippen LogP) is 0.960. The fourth-order valence-corrected chi connectivity index (χ4v) is 2.97. The number of ether oxygens (including phenoxy) is 1. The Morgan fingerprint density at radius 2 is 1.62 bits per heavy atom. The van der Waals surface area contributed by atoms with Crippen LogP contribution in [-0.2, 0) is 14.3 Å². The number of carbonyl (C=O) groups is 4. The predicted molar refractivity (Wildman–Crippen MR) is 82.8 cm³/mol. The van der Waals surface area contributed by atoms with Gasteiger partial charge < -0.3 is 9.64 Å². The lowest BCUT2D eigenvalue weighted by Crippen LogP contribution is -2.65. The Kier molecular flexibility index (Phi) is 3.71. The zero-order valence-electron chi connectivity index (χ0n) is 13.5. The fraction of sp³-hybridized carbons (Fsp3) is 0.294. The van der Waals surface area contributed by atoms with E-state index in [0.29, 0.717) is 16.7 Å². The van der Waals surface area contributed by atoms with Gasteiger partial charge in [-0.2, -0.15) is 0 Å². The quantitative estimate of drug-likeness (QED) is 0.357. The zero-order valence-corrected chi connectivity index (χ0v) is 13.5. The maximum absolute atomic E-state index is 12.5. The molecule has 3 amide bonds. The average molecular weight is 328 g/mol. The van der Waals surface area contributed by atoms with Gasteiger partial charge in [0.05, 0.1) is 24.8 Å². The summed E-state index contributed by atoms with van der Waals surface area (Å²) in [4.78, 5) is 51.4. The van der Waals surface area contributed by atoms with Crippen molar-refractivity contribution in [3.8, 4) is 0 Å². The van der Waals surface area contributed by atoms with Gasteiger partial charge in [-0.05, 0) is 31.6 Å². The van der Waals surface area contributed by atoms with Crippen molar-refractivity contribution in [1.82, 2.24) is 9.80 Å². The second kappa shape index (κ2) is 5.59. The van der Waals surface area contributed by atoms with Gasteiger partial charge in [-0.25, -0.2) is 4.79 Å². The SMILES string of the molecule is COC(=O)C(=C(C)C)N1CC(N2C(=O)c3ccccc3C2=O)C1=O. The van der Waals surface area contributed by atoms with Gasteiger partial charge >= 0.3 is 5.97 Å². The normalized spacial score (nSPS) is 19.1. The number of imide groups is 1. The van der Waals surface area contributed by atoms with Crippen LogP contribution < -0.4 is 0 Å². The number of methoxy groups -OCH3 is 1. The summed E-state index contributed by atoms with van der Waals surface area (Å²) in [6.07, 6.45) is 0. The Morgan fingerprint density at radius 1 is 1.08 bits per heavy atom. The van der Waals surface area contributed by atoms with Crippen LogP contribution >= 0.6 is 0 Å². The molecule has 0 aromatic heterocycles. The minimum absolute atomic E-state index is 0.0832. The molecular formula is C17H16N2O5. The minimum Gasteiger partial charge on any atom is -0.464 e. The largest absolute Gasteiger partial charge is 0.464 e. The Bertz CT molecular complexity index is 772. The molecule has 24 heavy (non-hydrogen) atoms. The first-order valence-electron chi connectivity index (χ1n) is 7.42. The molecule has 1 fully saturated rings. The van der Waals surface area contributed by atoms with E-state index in [0.717, 1.165) is 4.90 Å². The molecule has 1 atom stereocenters. The van der Waals surface area contributed by atoms with Crippen molar-refractivity contribution >= 4 is 23.7 Å². The smallest absolute Gasteiger partial charge is 0.354 e. The Hall–Kier alpha value is -2.96. The lowest BCUT2D eigenvalue weighted by atomic mass is 10.0. The van der Waals surface area contributed by atoms with Gasteiger partial charge in [-0.15, -0.1) is 0 Å². The first-order chi connectivity index (χ1) is 11.4. The van der Waals surface area contributed by atoms with Crippen LogP contribution in [0.15, 0.2) is 35.5 Å². The van der Waals surface area contributed by atoms with Crippen LogP contribution in [-0.4, -0.2) is 53.2 Å². The van der Waals surface area contributed by atoms with E-state index >= 15 is 0 Å². The van der Waals surface area contributed by atoms with Gasteiger partial charge in [0.25, 0.3) is 17.7 Å². The number of fused-ring (bicyclic) bond motifs is 1. The fourth-order valence-electron chi connectivity index (χ4n) is 2.97. The number of hydrogen-bond acceptors (Lipinski definition) is 5. The first-order valence-corrected chi connectivity index (χ1v) is 7.42. The molecule has 0 aliphatic carbocycles. The molecule has 124 valence electrons. The molecule has 1 aromatic rings. The molecule has 0 saturated carbocycles. The molecule has 0 spiro atoms. The maximum atomic E-state index is 12.5. The number of rotatable bonds is 3. The van der Waals surface area contributed by atoms with Gasteiger partial charge in [-0.3, -0.25) is 19.3 Å². The molecular weight excluding hydrogens is 312 g/mol. The molecule has 1 saturated heterocycles. The molecule has 0 N–H and O–H groups in total. The molecule has 3 rings (SSSR count). The van der Waals surface area contributed by atoms with Crippen LogP contribution in [0.5, 0.6) is 0 Å². The number of allylic oxidation sites excluding steroid dienone is 1. The number of nitrogens with zero attached hydrogens (tertiary/aromatic N) is 2. The molecule has 1 unspecified atom stereocenters. The van der Waals surface area contributed by atoms with Gasteiger partial charge in [0.2, 0.25) is 0 Å². The van der Waals surface area contributed by atoms with Gasteiger partial charge in [-0.1, -0.05) is 12.1 Å². The van der Waals surface area contributed by atoms with Crippen molar-refractivity contribution in [2.75, 3.05) is 13.7 Å². The van der Waals surface area contributed by atoms with Crippen molar-refractivity contribution in [3.63, 3.8) is 0 Å². The van der Waals surface area contributed by atoms with Crippen LogP contribution in [0.4, 0.5) is 0 Å². The second-order valence-electron chi connectivity index (χ2n) is 5.83. The van der Waals surface area contributed by atoms with E-state index in [1.165, 1.54) is 12.0 Å². The highest BCUT2D eigenvalue weighted by molar-refractivity contribution is 6.23. The van der Waals surface area contributed by atoms with Gasteiger partial charge in [0.15, 0.2) is 0 Å². The third-order valence-corrected chi connectivity index (χ3v) is 4.17. The standard InChI is InChI=1S/C17H16N2O5/c1-9(2)13(17(23)24-3)18-8-12(16(18)22)19-14(20)10-6-4-5-7-11(10)15(19)21/h4-7,12H,8H2,1-3H3. The summed E-state index contributed by atoms with van der Waals surface area (Å²) < 4.78 is 4.69. The molecule has 1 aromatic carbocycles. The average Bonchev–Trinajstić information content (AvgIpc) is 2.81. The summed E-state index contributed by atoms with van der Waals surface area (Å²) in [6.45, 7) is 3.46. The van der Waals surface area contributed by atoms with Crippen molar-refractivity contribution in [3.05, 3.63) is 46.7 Å². The van der Waals surface area contributed by atoms with Crippen LogP contribution in [0.3, 0.4) is 0 Å². The van der Waals surface area contributed by atoms with E-state index in [2.05, 4.69) is 0 Å². The van der Waals surface area contributed by atoms with E-state index in [1.54, 1.807) is 38.1 Å². The Morgan fingerprint density at radius 3 is 2.04 bits per heavy atom. The summed E-state index contributed by atoms with van der Waals surface area (Å²) in [5.74, 6) is -2.05. The van der Waals surface area contributed by atoms with Crippen molar-refractivity contribution in [1.29, 1.82) is 0 Å². The number of amides is 3. The second-order valence-corrected chi connectivity index (χ2v) is 5.83. The maximum Gasteiger partial charge on any atom is 0.354 e. The molecule has 0 radical (unpaired) electrons. The van der Waals surface area contributed by atoms with Crippen LogP contribution in [0.25, 0.3) is 0 Å². The highest BCUT2D eigenvalue weighted by Crippen LogP contribution is 2.31. The lowest BCUT2D eigenvalue weighted by Gasteiger charge is -2.42. The van der Waals surface area contributed by atoms with Crippen LogP contribution in [0, 0.1) is 0 Å². The zero-order chi connectivity index (χ0) is 17.6. The first kappa shape index (κ1) is 15.9. The minimum atomic E-state index is -0.892. The summed E-state index contributed by atoms with van der Waals surface area (Å²) >= 11 is 0. The summed E-state index contributed by atoms with van der Waals surface area (Å²) in [7, 11) is 1.23. The molecule has 2 heterocycles. The molecule has 7 nitrogen and oxygen atoms in total. The van der Waals surface area contributed by atoms with Crippen LogP contribution in [0.2, 0.25) is 0 Å². The highest BCUT2D eigenvalue weighted by atomic mass is 16.5. The number of carbonyl (C=O) groups excluding carboxylic acids is 4. The van der Waals surface area contributed by atoms with E-state index in [-0.39, 0.29) is 12.2 Å². The molecule has 2 aliphatic rings. The molecule has 0 bridgehead atoms. The third-order valence-electron chi connectivity index (χ3n) is 4.17. The number of likely N-dealkylation sites (tertiary alicyclic amines) is 1. The van der Waals surface area contributed by atoms with Gasteiger partial charge in [0, 0.05) is 0 Å². The van der Waals surface area contributed by atoms with Crippen molar-refractivity contribution < 1.29 is 23.9 Å². The Balaban J connectivity index is 1.85. The number of hydrogen-bond donors (Lipinski definition) is 0. The Labute approximate surface area is 138 Å². The van der Waals surface area contributed by atoms with E-state index in [4.69, 9.17) is 4.74 Å². The number of esters is 1. The van der Waals surface area contributed by atoms with Crippen LogP contribution in [0.1, 0.15) is 34.6 Å². The topological polar surface area (TPSA) is 84.0 Å². The van der Waals surface area contributed by atoms with E-state index in [1.807, 2.05) is 0 Å². The third kappa shape index (κ3) is 2.12. The van der Waals surface area contributed by atoms with E-state index < -0.39 is 29.7 Å². The number of β-lactam (4-membered cyclic amide) rings is 1.